The van der Waals surface area contributed by atoms with Crippen molar-refractivity contribution < 1.29 is 9.53 Å². The Morgan fingerprint density at radius 1 is 1.44 bits per heavy atom. The summed E-state index contributed by atoms with van der Waals surface area (Å²) in [5, 5.41) is 4.18. The average molecular weight is 245 g/mol. The van der Waals surface area contributed by atoms with Gasteiger partial charge in [0.05, 0.1) is 12.3 Å². The topological polar surface area (TPSA) is 70.1 Å². The predicted octanol–water partition coefficient (Wildman–Crippen LogP) is 1.51. The standard InChI is InChI=1S/C13H15N3O2/c1-2-18-13(17)12-6-7-16(15-12)11-5-3-4-10(8-11)9-14/h3-8H,2,9,14H2,1H3. The van der Waals surface area contributed by atoms with Crippen LogP contribution >= 0.6 is 0 Å². The maximum atomic E-state index is 11.5. The molecule has 18 heavy (non-hydrogen) atoms. The van der Waals surface area contributed by atoms with E-state index in [0.717, 1.165) is 11.3 Å². The predicted molar refractivity (Wildman–Crippen MR) is 67.4 cm³/mol. The number of benzene rings is 1. The lowest BCUT2D eigenvalue weighted by Crippen LogP contribution is -2.07. The van der Waals surface area contributed by atoms with E-state index in [9.17, 15) is 4.79 Å². The van der Waals surface area contributed by atoms with Crippen molar-refractivity contribution in [2.24, 2.45) is 5.73 Å². The normalized spacial score (nSPS) is 10.3. The lowest BCUT2D eigenvalue weighted by molar-refractivity contribution is 0.0519. The van der Waals surface area contributed by atoms with Crippen LogP contribution in [0.15, 0.2) is 36.5 Å². The molecule has 0 saturated carbocycles. The van der Waals surface area contributed by atoms with Gasteiger partial charge in [-0.1, -0.05) is 12.1 Å². The van der Waals surface area contributed by atoms with Gasteiger partial charge in [-0.05, 0) is 30.7 Å². The highest BCUT2D eigenvalue weighted by Gasteiger charge is 2.10. The zero-order valence-electron chi connectivity index (χ0n) is 10.2. The number of esters is 1. The molecule has 5 heteroatoms. The van der Waals surface area contributed by atoms with Gasteiger partial charge in [-0.25, -0.2) is 9.48 Å². The van der Waals surface area contributed by atoms with Crippen LogP contribution in [0.4, 0.5) is 0 Å². The third kappa shape index (κ3) is 2.57. The highest BCUT2D eigenvalue weighted by molar-refractivity contribution is 5.87. The molecule has 0 unspecified atom stereocenters. The van der Waals surface area contributed by atoms with E-state index in [1.165, 1.54) is 0 Å². The Hall–Kier alpha value is -2.14. The van der Waals surface area contributed by atoms with Crippen molar-refractivity contribution in [3.63, 3.8) is 0 Å². The molecular weight excluding hydrogens is 230 g/mol. The van der Waals surface area contributed by atoms with Crippen LogP contribution in [-0.2, 0) is 11.3 Å². The Morgan fingerprint density at radius 2 is 2.28 bits per heavy atom. The zero-order chi connectivity index (χ0) is 13.0. The first-order chi connectivity index (χ1) is 8.74. The van der Waals surface area contributed by atoms with Crippen molar-refractivity contribution in [3.05, 3.63) is 47.8 Å². The van der Waals surface area contributed by atoms with E-state index in [1.807, 2.05) is 24.3 Å². The highest BCUT2D eigenvalue weighted by Crippen LogP contribution is 2.10. The Balaban J connectivity index is 2.26. The number of rotatable bonds is 4. The van der Waals surface area contributed by atoms with Gasteiger partial charge >= 0.3 is 5.97 Å². The fraction of sp³-hybridized carbons (Fsp3) is 0.231. The first kappa shape index (κ1) is 12.3. The van der Waals surface area contributed by atoms with Crippen LogP contribution in [0.3, 0.4) is 0 Å². The van der Waals surface area contributed by atoms with E-state index >= 15 is 0 Å². The van der Waals surface area contributed by atoms with Gasteiger partial charge in [-0.15, -0.1) is 0 Å². The zero-order valence-corrected chi connectivity index (χ0v) is 10.2. The minimum absolute atomic E-state index is 0.301. The summed E-state index contributed by atoms with van der Waals surface area (Å²) in [7, 11) is 0. The van der Waals surface area contributed by atoms with Crippen molar-refractivity contribution in [1.82, 2.24) is 9.78 Å². The minimum atomic E-state index is -0.411. The van der Waals surface area contributed by atoms with E-state index in [4.69, 9.17) is 10.5 Å². The summed E-state index contributed by atoms with van der Waals surface area (Å²) in [5.41, 5.74) is 7.77. The second kappa shape index (κ2) is 5.46. The molecule has 0 fully saturated rings. The van der Waals surface area contributed by atoms with Gasteiger partial charge in [0.25, 0.3) is 0 Å². The number of hydrogen-bond acceptors (Lipinski definition) is 4. The van der Waals surface area contributed by atoms with Gasteiger partial charge in [0.15, 0.2) is 5.69 Å². The molecule has 1 aromatic heterocycles. The number of hydrogen-bond donors (Lipinski definition) is 1. The second-order valence-electron chi connectivity index (χ2n) is 3.74. The van der Waals surface area contributed by atoms with Gasteiger partial charge in [-0.2, -0.15) is 5.10 Å². The third-order valence-electron chi connectivity index (χ3n) is 2.48. The van der Waals surface area contributed by atoms with Crippen LogP contribution in [-0.4, -0.2) is 22.4 Å². The molecule has 0 aliphatic heterocycles. The number of carbonyl (C=O) groups excluding carboxylic acids is 1. The Labute approximate surface area is 105 Å². The Kier molecular flexibility index (Phi) is 3.74. The molecule has 2 N–H and O–H groups in total. The van der Waals surface area contributed by atoms with E-state index in [0.29, 0.717) is 18.8 Å². The molecule has 0 amide bonds. The smallest absolute Gasteiger partial charge is 0.358 e. The molecule has 0 saturated heterocycles. The average Bonchev–Trinajstić information content (AvgIpc) is 2.89. The summed E-state index contributed by atoms with van der Waals surface area (Å²) < 4.78 is 6.52. The summed E-state index contributed by atoms with van der Waals surface area (Å²) in [6.07, 6.45) is 1.72. The van der Waals surface area contributed by atoms with Gasteiger partial charge < -0.3 is 10.5 Å². The third-order valence-corrected chi connectivity index (χ3v) is 2.48. The van der Waals surface area contributed by atoms with Crippen molar-refractivity contribution in [3.8, 4) is 5.69 Å². The minimum Gasteiger partial charge on any atom is -0.461 e. The molecule has 0 radical (unpaired) electrons. The molecule has 1 heterocycles. The first-order valence-corrected chi connectivity index (χ1v) is 5.76. The summed E-state index contributed by atoms with van der Waals surface area (Å²) in [5.74, 6) is -0.411. The molecule has 5 nitrogen and oxygen atoms in total. The molecule has 2 aromatic rings. The van der Waals surface area contributed by atoms with Gasteiger partial charge in [0.2, 0.25) is 0 Å². The maximum Gasteiger partial charge on any atom is 0.358 e. The molecule has 1 aromatic carbocycles. The largest absolute Gasteiger partial charge is 0.461 e. The van der Waals surface area contributed by atoms with Crippen molar-refractivity contribution >= 4 is 5.97 Å². The van der Waals surface area contributed by atoms with Crippen molar-refractivity contribution in [1.29, 1.82) is 0 Å². The summed E-state index contributed by atoms with van der Waals surface area (Å²) >= 11 is 0. The van der Waals surface area contributed by atoms with E-state index in [-0.39, 0.29) is 0 Å². The van der Waals surface area contributed by atoms with Gasteiger partial charge in [-0.3, -0.25) is 0 Å². The van der Waals surface area contributed by atoms with Gasteiger partial charge in [0.1, 0.15) is 0 Å². The van der Waals surface area contributed by atoms with E-state index < -0.39 is 5.97 Å². The van der Waals surface area contributed by atoms with Crippen LogP contribution in [0, 0.1) is 0 Å². The molecule has 0 bridgehead atoms. The summed E-state index contributed by atoms with van der Waals surface area (Å²) in [4.78, 5) is 11.5. The number of nitrogens with two attached hydrogens (primary N) is 1. The number of carbonyl (C=O) groups is 1. The fourth-order valence-electron chi connectivity index (χ4n) is 1.61. The quantitative estimate of drug-likeness (QED) is 0.829. The van der Waals surface area contributed by atoms with Crippen molar-refractivity contribution in [2.75, 3.05) is 6.61 Å². The molecular formula is C13H15N3O2. The Morgan fingerprint density at radius 3 is 3.00 bits per heavy atom. The molecule has 0 aliphatic rings. The monoisotopic (exact) mass is 245 g/mol. The lowest BCUT2D eigenvalue weighted by atomic mass is 10.2. The molecule has 0 atom stereocenters. The first-order valence-electron chi connectivity index (χ1n) is 5.76. The van der Waals surface area contributed by atoms with Crippen LogP contribution in [0.25, 0.3) is 5.69 Å². The SMILES string of the molecule is CCOC(=O)c1ccn(-c2cccc(CN)c2)n1. The van der Waals surface area contributed by atoms with Crippen molar-refractivity contribution in [2.45, 2.75) is 13.5 Å². The number of nitrogens with zero attached hydrogens (tertiary/aromatic N) is 2. The van der Waals surface area contributed by atoms with Crippen LogP contribution < -0.4 is 5.73 Å². The van der Waals surface area contributed by atoms with Crippen LogP contribution in [0.2, 0.25) is 0 Å². The van der Waals surface area contributed by atoms with E-state index in [2.05, 4.69) is 5.10 Å². The lowest BCUT2D eigenvalue weighted by Gasteiger charge is -2.03. The number of ether oxygens (including phenoxy) is 1. The van der Waals surface area contributed by atoms with Crippen LogP contribution in [0.1, 0.15) is 23.0 Å². The second-order valence-corrected chi connectivity index (χ2v) is 3.74. The summed E-state index contributed by atoms with van der Waals surface area (Å²) in [6, 6.07) is 9.32. The van der Waals surface area contributed by atoms with E-state index in [1.54, 1.807) is 23.9 Å². The highest BCUT2D eigenvalue weighted by atomic mass is 16.5. The van der Waals surface area contributed by atoms with Crippen LogP contribution in [0.5, 0.6) is 0 Å². The maximum absolute atomic E-state index is 11.5. The Bertz CT molecular complexity index is 549. The van der Waals surface area contributed by atoms with Gasteiger partial charge in [0, 0.05) is 12.7 Å². The molecule has 0 aliphatic carbocycles. The molecule has 94 valence electrons. The fourth-order valence-corrected chi connectivity index (χ4v) is 1.61. The molecule has 0 spiro atoms. The molecule has 2 rings (SSSR count). The summed E-state index contributed by atoms with van der Waals surface area (Å²) in [6.45, 7) is 2.58. The number of aromatic nitrogens is 2.